The quantitative estimate of drug-likeness (QED) is 0.898. The molecule has 0 aliphatic rings. The third-order valence-corrected chi connectivity index (χ3v) is 3.64. The number of urea groups is 1. The molecule has 2 amide bonds. The van der Waals surface area contributed by atoms with E-state index >= 15 is 0 Å². The average molecular weight is 341 g/mol. The Kier molecular flexibility index (Phi) is 4.73. The van der Waals surface area contributed by atoms with Crippen molar-refractivity contribution in [1.29, 1.82) is 0 Å². The smallest absolute Gasteiger partial charge is 0.319 e. The van der Waals surface area contributed by atoms with Gasteiger partial charge in [-0.05, 0) is 19.1 Å². The van der Waals surface area contributed by atoms with Crippen molar-refractivity contribution in [2.75, 3.05) is 11.9 Å². The highest BCUT2D eigenvalue weighted by molar-refractivity contribution is 9.10. The molecule has 0 aliphatic heterocycles. The SMILES string of the molecule is Cc1c(Br)ccc(NC(=O)NCCn2ccnc2)c1F. The van der Waals surface area contributed by atoms with Crippen LogP contribution >= 0.6 is 15.9 Å². The van der Waals surface area contributed by atoms with E-state index in [0.717, 1.165) is 0 Å². The van der Waals surface area contributed by atoms with E-state index in [1.807, 2.05) is 4.57 Å². The van der Waals surface area contributed by atoms with Crippen LogP contribution in [0.5, 0.6) is 0 Å². The summed E-state index contributed by atoms with van der Waals surface area (Å²) in [5.41, 5.74) is 0.618. The molecular weight excluding hydrogens is 327 g/mol. The number of amides is 2. The second-order valence-electron chi connectivity index (χ2n) is 4.22. The van der Waals surface area contributed by atoms with Gasteiger partial charge < -0.3 is 15.2 Å². The molecule has 0 saturated heterocycles. The van der Waals surface area contributed by atoms with Gasteiger partial charge in [-0.1, -0.05) is 15.9 Å². The van der Waals surface area contributed by atoms with Crippen LogP contribution < -0.4 is 10.6 Å². The Bertz CT molecular complexity index is 601. The number of hydrogen-bond acceptors (Lipinski definition) is 2. The summed E-state index contributed by atoms with van der Waals surface area (Å²) < 4.78 is 16.4. The molecule has 0 fully saturated rings. The predicted octanol–water partition coefficient (Wildman–Crippen LogP) is 2.91. The Labute approximate surface area is 124 Å². The topological polar surface area (TPSA) is 59.0 Å². The molecule has 106 valence electrons. The summed E-state index contributed by atoms with van der Waals surface area (Å²) in [4.78, 5) is 15.6. The lowest BCUT2D eigenvalue weighted by Gasteiger charge is -2.10. The first-order valence-corrected chi connectivity index (χ1v) is 6.82. The molecule has 0 radical (unpaired) electrons. The van der Waals surface area contributed by atoms with Crippen molar-refractivity contribution in [3.8, 4) is 0 Å². The summed E-state index contributed by atoms with van der Waals surface area (Å²) in [5, 5.41) is 5.14. The highest BCUT2D eigenvalue weighted by Gasteiger charge is 2.10. The van der Waals surface area contributed by atoms with Crippen molar-refractivity contribution in [1.82, 2.24) is 14.9 Å². The maximum Gasteiger partial charge on any atom is 0.319 e. The van der Waals surface area contributed by atoms with E-state index in [9.17, 15) is 9.18 Å². The van der Waals surface area contributed by atoms with E-state index in [1.54, 1.807) is 31.7 Å². The van der Waals surface area contributed by atoms with E-state index in [0.29, 0.717) is 23.1 Å². The van der Waals surface area contributed by atoms with Gasteiger partial charge in [0.15, 0.2) is 5.82 Å². The maximum absolute atomic E-state index is 13.9. The molecule has 7 heteroatoms. The molecule has 20 heavy (non-hydrogen) atoms. The van der Waals surface area contributed by atoms with E-state index in [4.69, 9.17) is 0 Å². The van der Waals surface area contributed by atoms with Crippen LogP contribution in [0.25, 0.3) is 0 Å². The first-order valence-electron chi connectivity index (χ1n) is 6.03. The maximum atomic E-state index is 13.9. The number of rotatable bonds is 4. The van der Waals surface area contributed by atoms with Gasteiger partial charge in [-0.3, -0.25) is 0 Å². The zero-order valence-corrected chi connectivity index (χ0v) is 12.4. The lowest BCUT2D eigenvalue weighted by molar-refractivity contribution is 0.251. The summed E-state index contributed by atoms with van der Waals surface area (Å²) >= 11 is 3.23. The van der Waals surface area contributed by atoms with Crippen molar-refractivity contribution < 1.29 is 9.18 Å². The number of benzene rings is 1. The molecule has 0 unspecified atom stereocenters. The normalized spacial score (nSPS) is 10.3. The largest absolute Gasteiger partial charge is 0.336 e. The molecule has 2 aromatic rings. The Morgan fingerprint density at radius 3 is 3.00 bits per heavy atom. The molecule has 0 saturated carbocycles. The number of nitrogens with zero attached hydrogens (tertiary/aromatic N) is 2. The lowest BCUT2D eigenvalue weighted by Crippen LogP contribution is -2.31. The van der Waals surface area contributed by atoms with Crippen LogP contribution in [-0.4, -0.2) is 22.1 Å². The van der Waals surface area contributed by atoms with Gasteiger partial charge >= 0.3 is 6.03 Å². The van der Waals surface area contributed by atoms with Crippen LogP contribution in [0.1, 0.15) is 5.56 Å². The van der Waals surface area contributed by atoms with Gasteiger partial charge in [0.1, 0.15) is 0 Å². The fraction of sp³-hybridized carbons (Fsp3) is 0.231. The molecule has 0 spiro atoms. The third kappa shape index (κ3) is 3.57. The first kappa shape index (κ1) is 14.5. The Hall–Kier alpha value is -1.89. The number of carbonyl (C=O) groups excluding carboxylic acids is 1. The standard InChI is InChI=1S/C13H14BrFN4O/c1-9-10(14)2-3-11(12(9)15)18-13(20)17-5-7-19-6-4-16-8-19/h2-4,6,8H,5,7H2,1H3,(H2,17,18,20). The van der Waals surface area contributed by atoms with Crippen molar-refractivity contribution >= 4 is 27.6 Å². The first-order chi connectivity index (χ1) is 9.58. The Morgan fingerprint density at radius 1 is 1.50 bits per heavy atom. The average Bonchev–Trinajstić information content (AvgIpc) is 2.93. The Morgan fingerprint density at radius 2 is 2.30 bits per heavy atom. The number of hydrogen-bond donors (Lipinski definition) is 2. The van der Waals surface area contributed by atoms with E-state index in [-0.39, 0.29) is 5.69 Å². The van der Waals surface area contributed by atoms with Gasteiger partial charge in [-0.15, -0.1) is 0 Å². The van der Waals surface area contributed by atoms with Crippen LogP contribution in [0.4, 0.5) is 14.9 Å². The van der Waals surface area contributed by atoms with Crippen molar-refractivity contribution in [2.24, 2.45) is 0 Å². The lowest BCUT2D eigenvalue weighted by atomic mass is 10.2. The van der Waals surface area contributed by atoms with Gasteiger partial charge in [0.05, 0.1) is 12.0 Å². The zero-order valence-electron chi connectivity index (χ0n) is 10.9. The minimum Gasteiger partial charge on any atom is -0.336 e. The van der Waals surface area contributed by atoms with Gasteiger partial charge in [-0.2, -0.15) is 0 Å². The number of carbonyl (C=O) groups is 1. The van der Waals surface area contributed by atoms with E-state index < -0.39 is 11.8 Å². The summed E-state index contributed by atoms with van der Waals surface area (Å²) in [5.74, 6) is -0.441. The highest BCUT2D eigenvalue weighted by atomic mass is 79.9. The summed E-state index contributed by atoms with van der Waals surface area (Å²) in [6.45, 7) is 2.68. The second-order valence-corrected chi connectivity index (χ2v) is 5.07. The molecule has 1 heterocycles. The molecule has 1 aromatic heterocycles. The highest BCUT2D eigenvalue weighted by Crippen LogP contribution is 2.24. The molecule has 1 aromatic carbocycles. The molecule has 0 atom stereocenters. The minimum absolute atomic E-state index is 0.158. The van der Waals surface area contributed by atoms with Crippen LogP contribution in [-0.2, 0) is 6.54 Å². The van der Waals surface area contributed by atoms with Crippen molar-refractivity contribution in [3.63, 3.8) is 0 Å². The van der Waals surface area contributed by atoms with Crippen LogP contribution in [0.3, 0.4) is 0 Å². The third-order valence-electron chi connectivity index (χ3n) is 2.78. The zero-order chi connectivity index (χ0) is 14.5. The monoisotopic (exact) mass is 340 g/mol. The number of nitrogens with one attached hydrogen (secondary N) is 2. The number of imidazole rings is 1. The minimum atomic E-state index is -0.441. The van der Waals surface area contributed by atoms with Gasteiger partial charge in [0.2, 0.25) is 0 Å². The van der Waals surface area contributed by atoms with Gasteiger partial charge in [0.25, 0.3) is 0 Å². The molecule has 2 N–H and O–H groups in total. The number of halogens is 2. The number of aromatic nitrogens is 2. The molecular formula is C13H14BrFN4O. The van der Waals surface area contributed by atoms with Gasteiger partial charge in [0, 0.05) is 35.5 Å². The second kappa shape index (κ2) is 6.51. The molecule has 0 aliphatic carbocycles. The molecule has 0 bridgehead atoms. The summed E-state index contributed by atoms with van der Waals surface area (Å²) in [6, 6.07) is 2.77. The van der Waals surface area contributed by atoms with Crippen LogP contribution in [0, 0.1) is 12.7 Å². The Balaban J connectivity index is 1.87. The van der Waals surface area contributed by atoms with Crippen molar-refractivity contribution in [2.45, 2.75) is 13.5 Å². The van der Waals surface area contributed by atoms with Crippen LogP contribution in [0.2, 0.25) is 0 Å². The van der Waals surface area contributed by atoms with E-state index in [1.165, 1.54) is 6.07 Å². The van der Waals surface area contributed by atoms with Crippen LogP contribution in [0.15, 0.2) is 35.3 Å². The van der Waals surface area contributed by atoms with Gasteiger partial charge in [-0.25, -0.2) is 14.2 Å². The fourth-order valence-corrected chi connectivity index (χ4v) is 1.95. The molecule has 2 rings (SSSR count). The van der Waals surface area contributed by atoms with Crippen molar-refractivity contribution in [3.05, 3.63) is 46.7 Å². The molecule has 5 nitrogen and oxygen atoms in total. The summed E-state index contributed by atoms with van der Waals surface area (Å²) in [7, 11) is 0. The predicted molar refractivity (Wildman–Crippen MR) is 78.1 cm³/mol. The van der Waals surface area contributed by atoms with E-state index in [2.05, 4.69) is 31.5 Å². The fourth-order valence-electron chi connectivity index (χ4n) is 1.64. The number of anilines is 1. The summed E-state index contributed by atoms with van der Waals surface area (Å²) in [6.07, 6.45) is 5.13.